The Morgan fingerprint density at radius 1 is 0.951 bits per heavy atom. The number of rotatable bonds is 11. The standard InChI is InChI=1S/C32H38BrN3O4S/c1-23-16-17-29(24(2)18-23)36(41(3,39)40)22-31(37)35(21-26-12-9-13-27(33)19-26)30(20-25-10-5-4-6-11-25)32(38)34-28-14-7-8-15-28/h4-6,9-13,16-19,28,30H,7-8,14-15,20-22H2,1-3H3,(H,34,38)/t30-/m0/s1. The van der Waals surface area contributed by atoms with Crippen molar-refractivity contribution >= 4 is 43.5 Å². The van der Waals surface area contributed by atoms with Gasteiger partial charge in [-0.25, -0.2) is 8.42 Å². The Hall–Kier alpha value is -3.17. The summed E-state index contributed by atoms with van der Waals surface area (Å²) in [5.41, 5.74) is 3.94. The van der Waals surface area contributed by atoms with Gasteiger partial charge in [0.1, 0.15) is 12.6 Å². The van der Waals surface area contributed by atoms with Crippen LogP contribution in [0.4, 0.5) is 5.69 Å². The number of sulfonamides is 1. The quantitative estimate of drug-likeness (QED) is 0.299. The number of hydrogen-bond acceptors (Lipinski definition) is 4. The monoisotopic (exact) mass is 639 g/mol. The first-order valence-electron chi connectivity index (χ1n) is 13.9. The predicted molar refractivity (Wildman–Crippen MR) is 167 cm³/mol. The van der Waals surface area contributed by atoms with Gasteiger partial charge in [-0.15, -0.1) is 0 Å². The van der Waals surface area contributed by atoms with Crippen LogP contribution in [-0.4, -0.2) is 50.0 Å². The normalized spacial score (nSPS) is 14.4. The van der Waals surface area contributed by atoms with Crippen LogP contribution in [0.3, 0.4) is 0 Å². The van der Waals surface area contributed by atoms with Gasteiger partial charge in [0, 0.05) is 23.5 Å². The zero-order valence-corrected chi connectivity index (χ0v) is 26.2. The molecule has 0 unspecified atom stereocenters. The molecule has 2 amide bonds. The summed E-state index contributed by atoms with van der Waals surface area (Å²) < 4.78 is 28.0. The Morgan fingerprint density at radius 3 is 2.27 bits per heavy atom. The number of amides is 2. The van der Waals surface area contributed by atoms with Crippen molar-refractivity contribution in [2.75, 3.05) is 17.1 Å². The van der Waals surface area contributed by atoms with Crippen LogP contribution in [0.1, 0.15) is 47.9 Å². The summed E-state index contributed by atoms with van der Waals surface area (Å²) in [6, 6.07) is 21.9. The number of hydrogen-bond donors (Lipinski definition) is 1. The van der Waals surface area contributed by atoms with E-state index in [-0.39, 0.29) is 18.5 Å². The fraction of sp³-hybridized carbons (Fsp3) is 0.375. The fourth-order valence-corrected chi connectivity index (χ4v) is 6.79. The van der Waals surface area contributed by atoms with Crippen molar-refractivity contribution in [3.8, 4) is 0 Å². The third kappa shape index (κ3) is 8.42. The van der Waals surface area contributed by atoms with E-state index in [4.69, 9.17) is 0 Å². The lowest BCUT2D eigenvalue weighted by Crippen LogP contribution is -2.54. The van der Waals surface area contributed by atoms with Crippen molar-refractivity contribution in [1.82, 2.24) is 10.2 Å². The molecule has 0 aromatic heterocycles. The first-order valence-corrected chi connectivity index (χ1v) is 16.6. The van der Waals surface area contributed by atoms with E-state index in [0.717, 1.165) is 63.0 Å². The van der Waals surface area contributed by atoms with Gasteiger partial charge in [0.05, 0.1) is 11.9 Å². The minimum absolute atomic E-state index is 0.0753. The zero-order chi connectivity index (χ0) is 29.6. The lowest BCUT2D eigenvalue weighted by Gasteiger charge is -2.34. The van der Waals surface area contributed by atoms with Crippen LogP contribution >= 0.6 is 15.9 Å². The molecular weight excluding hydrogens is 602 g/mol. The smallest absolute Gasteiger partial charge is 0.244 e. The molecule has 41 heavy (non-hydrogen) atoms. The van der Waals surface area contributed by atoms with Crippen LogP contribution in [0, 0.1) is 13.8 Å². The molecule has 0 radical (unpaired) electrons. The van der Waals surface area contributed by atoms with Crippen molar-refractivity contribution in [2.45, 2.75) is 64.6 Å². The van der Waals surface area contributed by atoms with Crippen LogP contribution in [0.25, 0.3) is 0 Å². The van der Waals surface area contributed by atoms with Crippen LogP contribution in [0.2, 0.25) is 0 Å². The Morgan fingerprint density at radius 2 is 1.63 bits per heavy atom. The first-order chi connectivity index (χ1) is 19.5. The van der Waals surface area contributed by atoms with Gasteiger partial charge in [0.2, 0.25) is 21.8 Å². The SMILES string of the molecule is Cc1ccc(N(CC(=O)N(Cc2cccc(Br)c2)[C@@H](Cc2ccccc2)C(=O)NC2CCCC2)S(C)(=O)=O)c(C)c1. The Balaban J connectivity index is 1.74. The van der Waals surface area contributed by atoms with Gasteiger partial charge in [0.15, 0.2) is 0 Å². The number of anilines is 1. The molecule has 7 nitrogen and oxygen atoms in total. The molecule has 0 heterocycles. The van der Waals surface area contributed by atoms with Gasteiger partial charge in [-0.1, -0.05) is 88.9 Å². The average Bonchev–Trinajstić information content (AvgIpc) is 3.42. The van der Waals surface area contributed by atoms with Gasteiger partial charge < -0.3 is 10.2 Å². The summed E-state index contributed by atoms with van der Waals surface area (Å²) in [6.07, 6.45) is 5.37. The summed E-state index contributed by atoms with van der Waals surface area (Å²) in [7, 11) is -3.81. The average molecular weight is 641 g/mol. The fourth-order valence-electron chi connectivity index (χ4n) is 5.43. The highest BCUT2D eigenvalue weighted by molar-refractivity contribution is 9.10. The molecule has 218 valence electrons. The summed E-state index contributed by atoms with van der Waals surface area (Å²) >= 11 is 3.51. The maximum absolute atomic E-state index is 14.2. The van der Waals surface area contributed by atoms with Crippen molar-refractivity contribution in [2.24, 2.45) is 0 Å². The van der Waals surface area contributed by atoms with Gasteiger partial charge in [-0.3, -0.25) is 13.9 Å². The van der Waals surface area contributed by atoms with E-state index < -0.39 is 28.5 Å². The zero-order valence-electron chi connectivity index (χ0n) is 23.8. The molecule has 4 rings (SSSR count). The van der Waals surface area contributed by atoms with Crippen LogP contribution < -0.4 is 9.62 Å². The Kier molecular flexibility index (Phi) is 10.3. The molecule has 1 saturated carbocycles. The molecule has 1 N–H and O–H groups in total. The largest absolute Gasteiger partial charge is 0.352 e. The van der Waals surface area contributed by atoms with E-state index in [1.165, 1.54) is 0 Å². The Bertz CT molecular complexity index is 1470. The molecule has 0 bridgehead atoms. The number of halogens is 1. The number of nitrogens with zero attached hydrogens (tertiary/aromatic N) is 2. The summed E-state index contributed by atoms with van der Waals surface area (Å²) in [5, 5.41) is 3.19. The molecule has 0 aliphatic heterocycles. The summed E-state index contributed by atoms with van der Waals surface area (Å²) in [5.74, 6) is -0.667. The molecule has 1 fully saturated rings. The molecule has 1 atom stereocenters. The number of benzene rings is 3. The summed E-state index contributed by atoms with van der Waals surface area (Å²) in [4.78, 5) is 29.7. The second-order valence-corrected chi connectivity index (χ2v) is 13.7. The first kappa shape index (κ1) is 30.8. The molecule has 3 aromatic carbocycles. The maximum Gasteiger partial charge on any atom is 0.244 e. The predicted octanol–water partition coefficient (Wildman–Crippen LogP) is 5.53. The van der Waals surface area contributed by atoms with Gasteiger partial charge in [0.25, 0.3) is 0 Å². The van der Waals surface area contributed by atoms with Crippen molar-refractivity contribution in [3.63, 3.8) is 0 Å². The van der Waals surface area contributed by atoms with E-state index in [2.05, 4.69) is 21.2 Å². The minimum atomic E-state index is -3.81. The van der Waals surface area contributed by atoms with Crippen molar-refractivity contribution < 1.29 is 18.0 Å². The van der Waals surface area contributed by atoms with E-state index in [0.29, 0.717) is 12.1 Å². The molecule has 3 aromatic rings. The van der Waals surface area contributed by atoms with Crippen LogP contribution in [0.15, 0.2) is 77.3 Å². The Labute approximate surface area is 252 Å². The molecule has 9 heteroatoms. The van der Waals surface area contributed by atoms with E-state index in [9.17, 15) is 18.0 Å². The highest BCUT2D eigenvalue weighted by atomic mass is 79.9. The molecule has 1 aliphatic rings. The number of carbonyl (C=O) groups is 2. The number of nitrogens with one attached hydrogen (secondary N) is 1. The molecule has 1 aliphatic carbocycles. The number of carbonyl (C=O) groups excluding carboxylic acids is 2. The summed E-state index contributed by atoms with van der Waals surface area (Å²) in [6.45, 7) is 3.50. The molecule has 0 spiro atoms. The lowest BCUT2D eigenvalue weighted by molar-refractivity contribution is -0.140. The van der Waals surface area contributed by atoms with E-state index >= 15 is 0 Å². The van der Waals surface area contributed by atoms with Gasteiger partial charge in [-0.05, 0) is 61.6 Å². The van der Waals surface area contributed by atoms with Crippen molar-refractivity contribution in [3.05, 3.63) is 99.5 Å². The molecule has 0 saturated heterocycles. The molecular formula is C32H38BrN3O4S. The highest BCUT2D eigenvalue weighted by Gasteiger charge is 2.34. The third-order valence-corrected chi connectivity index (χ3v) is 9.13. The third-order valence-electron chi connectivity index (χ3n) is 7.51. The van der Waals surface area contributed by atoms with E-state index in [1.54, 1.807) is 11.0 Å². The van der Waals surface area contributed by atoms with Gasteiger partial charge in [-0.2, -0.15) is 0 Å². The number of aryl methyl sites for hydroxylation is 2. The second kappa shape index (κ2) is 13.7. The van der Waals surface area contributed by atoms with Crippen LogP contribution in [0.5, 0.6) is 0 Å². The minimum Gasteiger partial charge on any atom is -0.352 e. The second-order valence-electron chi connectivity index (χ2n) is 10.9. The topological polar surface area (TPSA) is 86.8 Å². The maximum atomic E-state index is 14.2. The highest BCUT2D eigenvalue weighted by Crippen LogP contribution is 2.25. The van der Waals surface area contributed by atoms with Gasteiger partial charge >= 0.3 is 0 Å². The van der Waals surface area contributed by atoms with E-state index in [1.807, 2.05) is 80.6 Å². The lowest BCUT2D eigenvalue weighted by atomic mass is 10.0. The van der Waals surface area contributed by atoms with Crippen LogP contribution in [-0.2, 0) is 32.6 Å². The van der Waals surface area contributed by atoms with Crippen molar-refractivity contribution in [1.29, 1.82) is 0 Å².